The van der Waals surface area contributed by atoms with E-state index in [1.54, 1.807) is 24.3 Å². The van der Waals surface area contributed by atoms with Crippen molar-refractivity contribution in [2.75, 3.05) is 5.43 Å². The molecule has 92 valence electrons. The van der Waals surface area contributed by atoms with Crippen molar-refractivity contribution < 1.29 is 14.7 Å². The summed E-state index contributed by atoms with van der Waals surface area (Å²) in [6, 6.07) is 7.79. The number of hydrogen-bond acceptors (Lipinski definition) is 3. The Morgan fingerprint density at radius 1 is 1.28 bits per heavy atom. The van der Waals surface area contributed by atoms with Gasteiger partial charge in [0.05, 0.1) is 10.6 Å². The van der Waals surface area contributed by atoms with E-state index in [-0.39, 0.29) is 11.3 Å². The molecule has 0 saturated heterocycles. The molecule has 0 unspecified atom stereocenters. The number of aromatic nitrogens is 2. The molecule has 0 spiro atoms. The number of rotatable bonds is 3. The fourth-order valence-electron chi connectivity index (χ4n) is 1.31. The van der Waals surface area contributed by atoms with Gasteiger partial charge in [-0.15, -0.1) is 5.10 Å². The molecule has 1 aromatic heterocycles. The Morgan fingerprint density at radius 3 is 2.61 bits per heavy atom. The van der Waals surface area contributed by atoms with Gasteiger partial charge in [0.25, 0.3) is 5.91 Å². The third-order valence-electron chi connectivity index (χ3n) is 2.14. The van der Waals surface area contributed by atoms with Gasteiger partial charge in [0.2, 0.25) is 0 Å². The van der Waals surface area contributed by atoms with E-state index in [2.05, 4.69) is 10.5 Å². The highest BCUT2D eigenvalue weighted by Gasteiger charge is 2.12. The minimum absolute atomic E-state index is 0.158. The normalized spacial score (nSPS) is 10.1. The lowest BCUT2D eigenvalue weighted by atomic mass is 10.2. The van der Waals surface area contributed by atoms with Crippen molar-refractivity contribution in [3.63, 3.8) is 0 Å². The van der Waals surface area contributed by atoms with E-state index in [1.165, 1.54) is 12.3 Å². The molecule has 2 N–H and O–H groups in total. The van der Waals surface area contributed by atoms with E-state index in [9.17, 15) is 9.59 Å². The highest BCUT2D eigenvalue weighted by Crippen LogP contribution is 2.14. The Labute approximate surface area is 107 Å². The van der Waals surface area contributed by atoms with E-state index >= 15 is 0 Å². The van der Waals surface area contributed by atoms with Gasteiger partial charge in [-0.3, -0.25) is 4.79 Å². The standard InChI is InChI=1S/C11H8ClN3O3/c12-8-4-2-1-3-7(8)10(16)14-15-6-5-9(13-15)11(17)18/h1-6H,(H,14,16)(H,17,18). The molecule has 1 heterocycles. The molecule has 2 rings (SSSR count). The zero-order valence-corrected chi connectivity index (χ0v) is 9.76. The molecule has 6 nitrogen and oxygen atoms in total. The fraction of sp³-hybridized carbons (Fsp3) is 0. The molecule has 1 aromatic carbocycles. The lowest BCUT2D eigenvalue weighted by Gasteiger charge is -2.05. The fourth-order valence-corrected chi connectivity index (χ4v) is 1.53. The van der Waals surface area contributed by atoms with E-state index in [0.717, 1.165) is 4.79 Å². The Balaban J connectivity index is 2.16. The quantitative estimate of drug-likeness (QED) is 0.883. The van der Waals surface area contributed by atoms with Crippen LogP contribution in [-0.2, 0) is 0 Å². The SMILES string of the molecule is O=C(O)c1ccn(NC(=O)c2ccccc2Cl)n1. The van der Waals surface area contributed by atoms with Crippen molar-refractivity contribution >= 4 is 23.5 Å². The molecular formula is C11H8ClN3O3. The van der Waals surface area contributed by atoms with Gasteiger partial charge in [0.15, 0.2) is 5.69 Å². The highest BCUT2D eigenvalue weighted by molar-refractivity contribution is 6.34. The second-order valence-electron chi connectivity index (χ2n) is 3.37. The molecular weight excluding hydrogens is 258 g/mol. The van der Waals surface area contributed by atoms with Crippen molar-refractivity contribution in [2.24, 2.45) is 0 Å². The Morgan fingerprint density at radius 2 is 2.00 bits per heavy atom. The van der Waals surface area contributed by atoms with Crippen molar-refractivity contribution in [1.82, 2.24) is 9.89 Å². The van der Waals surface area contributed by atoms with Gasteiger partial charge in [0.1, 0.15) is 0 Å². The molecule has 0 atom stereocenters. The largest absolute Gasteiger partial charge is 0.476 e. The minimum Gasteiger partial charge on any atom is -0.476 e. The topological polar surface area (TPSA) is 84.2 Å². The highest BCUT2D eigenvalue weighted by atomic mass is 35.5. The van der Waals surface area contributed by atoms with Crippen molar-refractivity contribution in [3.05, 3.63) is 52.8 Å². The van der Waals surface area contributed by atoms with Crippen LogP contribution >= 0.6 is 11.6 Å². The smallest absolute Gasteiger partial charge is 0.356 e. The van der Waals surface area contributed by atoms with E-state index in [1.807, 2.05) is 0 Å². The molecule has 0 saturated carbocycles. The van der Waals surface area contributed by atoms with Crippen molar-refractivity contribution in [1.29, 1.82) is 0 Å². The molecule has 0 radical (unpaired) electrons. The molecule has 18 heavy (non-hydrogen) atoms. The van der Waals surface area contributed by atoms with Gasteiger partial charge in [-0.2, -0.15) is 4.79 Å². The lowest BCUT2D eigenvalue weighted by molar-refractivity contribution is 0.0689. The zero-order valence-electron chi connectivity index (χ0n) is 9.00. The third kappa shape index (κ3) is 2.49. The Kier molecular flexibility index (Phi) is 3.29. The average Bonchev–Trinajstić information content (AvgIpc) is 2.78. The molecule has 0 aliphatic heterocycles. The van der Waals surface area contributed by atoms with Crippen molar-refractivity contribution in [3.8, 4) is 0 Å². The molecule has 0 aliphatic rings. The number of carboxylic acids is 1. The predicted octanol–water partition coefficient (Wildman–Crippen LogP) is 1.62. The maximum absolute atomic E-state index is 11.8. The molecule has 1 amide bonds. The van der Waals surface area contributed by atoms with Gasteiger partial charge in [-0.05, 0) is 18.2 Å². The van der Waals surface area contributed by atoms with Crippen LogP contribution in [0.5, 0.6) is 0 Å². The van der Waals surface area contributed by atoms with Gasteiger partial charge in [-0.1, -0.05) is 23.7 Å². The molecule has 0 fully saturated rings. The van der Waals surface area contributed by atoms with Crippen LogP contribution in [0.25, 0.3) is 0 Å². The number of carboxylic acid groups (broad SMARTS) is 1. The number of amides is 1. The van der Waals surface area contributed by atoms with Crippen LogP contribution in [0.15, 0.2) is 36.5 Å². The third-order valence-corrected chi connectivity index (χ3v) is 2.47. The van der Waals surface area contributed by atoms with Gasteiger partial charge in [0, 0.05) is 6.20 Å². The first-order valence-corrected chi connectivity index (χ1v) is 5.30. The lowest BCUT2D eigenvalue weighted by Crippen LogP contribution is -2.24. The Bertz CT molecular complexity index is 609. The van der Waals surface area contributed by atoms with E-state index < -0.39 is 11.9 Å². The Hall–Kier alpha value is -2.34. The number of nitrogens with zero attached hydrogens (tertiary/aromatic N) is 2. The summed E-state index contributed by atoms with van der Waals surface area (Å²) in [5.74, 6) is -1.64. The van der Waals surface area contributed by atoms with E-state index in [4.69, 9.17) is 16.7 Å². The summed E-state index contributed by atoms with van der Waals surface area (Å²) >= 11 is 5.86. The minimum atomic E-state index is -1.17. The summed E-state index contributed by atoms with van der Waals surface area (Å²) in [6.45, 7) is 0. The summed E-state index contributed by atoms with van der Waals surface area (Å²) < 4.78 is 0. The van der Waals surface area contributed by atoms with Gasteiger partial charge in [-0.25, -0.2) is 10.2 Å². The number of carbonyl (C=O) groups is 2. The number of halogens is 1. The zero-order chi connectivity index (χ0) is 13.1. The molecule has 0 bridgehead atoms. The maximum atomic E-state index is 11.8. The van der Waals surface area contributed by atoms with Crippen LogP contribution in [0.4, 0.5) is 0 Å². The number of benzene rings is 1. The molecule has 0 aliphatic carbocycles. The van der Waals surface area contributed by atoms with Crippen LogP contribution in [0, 0.1) is 0 Å². The van der Waals surface area contributed by atoms with Crippen LogP contribution < -0.4 is 5.43 Å². The summed E-state index contributed by atoms with van der Waals surface area (Å²) in [5, 5.41) is 12.6. The first kappa shape index (κ1) is 12.1. The predicted molar refractivity (Wildman–Crippen MR) is 64.3 cm³/mol. The van der Waals surface area contributed by atoms with Crippen LogP contribution in [0.1, 0.15) is 20.8 Å². The second kappa shape index (κ2) is 4.89. The van der Waals surface area contributed by atoms with Crippen LogP contribution in [0.2, 0.25) is 5.02 Å². The molecule has 2 aromatic rings. The number of aromatic carboxylic acids is 1. The summed E-state index contributed by atoms with van der Waals surface area (Å²) in [6.07, 6.45) is 1.33. The van der Waals surface area contributed by atoms with Crippen LogP contribution in [0.3, 0.4) is 0 Å². The van der Waals surface area contributed by atoms with Crippen molar-refractivity contribution in [2.45, 2.75) is 0 Å². The first-order valence-electron chi connectivity index (χ1n) is 4.93. The summed E-state index contributed by atoms with van der Waals surface area (Å²) in [7, 11) is 0. The van der Waals surface area contributed by atoms with Gasteiger partial charge < -0.3 is 5.11 Å². The summed E-state index contributed by atoms with van der Waals surface area (Å²) in [4.78, 5) is 23.4. The van der Waals surface area contributed by atoms with Gasteiger partial charge >= 0.3 is 5.97 Å². The monoisotopic (exact) mass is 265 g/mol. The average molecular weight is 266 g/mol. The number of nitrogens with one attached hydrogen (secondary N) is 1. The second-order valence-corrected chi connectivity index (χ2v) is 3.78. The van der Waals surface area contributed by atoms with Crippen LogP contribution in [-0.4, -0.2) is 26.9 Å². The summed E-state index contributed by atoms with van der Waals surface area (Å²) in [5.41, 5.74) is 2.52. The first-order chi connectivity index (χ1) is 8.58. The maximum Gasteiger partial charge on any atom is 0.356 e. The number of carbonyl (C=O) groups excluding carboxylic acids is 1. The van der Waals surface area contributed by atoms with E-state index in [0.29, 0.717) is 5.02 Å². The molecule has 7 heteroatoms. The number of hydrogen-bond donors (Lipinski definition) is 2.